The fourth-order valence-corrected chi connectivity index (χ4v) is 2.78. The van der Waals surface area contributed by atoms with Crippen LogP contribution in [0, 0.1) is 5.92 Å². The van der Waals surface area contributed by atoms with E-state index in [9.17, 15) is 4.79 Å². The first-order valence-electron chi connectivity index (χ1n) is 7.07. The van der Waals surface area contributed by atoms with Crippen LogP contribution < -0.4 is 0 Å². The van der Waals surface area contributed by atoms with E-state index in [0.717, 1.165) is 17.8 Å². The lowest BCUT2D eigenvalue weighted by molar-refractivity contribution is -0.136. The number of aliphatic carboxylic acids is 1. The highest BCUT2D eigenvalue weighted by Crippen LogP contribution is 2.24. The van der Waals surface area contributed by atoms with E-state index < -0.39 is 5.97 Å². The molecular formula is C16H18Cl2N2O2. The monoisotopic (exact) mass is 340 g/mol. The minimum Gasteiger partial charge on any atom is -0.481 e. The van der Waals surface area contributed by atoms with Gasteiger partial charge in [-0.25, -0.2) is 4.98 Å². The van der Waals surface area contributed by atoms with Gasteiger partial charge in [0, 0.05) is 11.4 Å². The first kappa shape index (κ1) is 16.8. The molecule has 0 unspecified atom stereocenters. The normalized spacial score (nSPS) is 11.1. The summed E-state index contributed by atoms with van der Waals surface area (Å²) in [6.45, 7) is 4.63. The second-order valence-electron chi connectivity index (χ2n) is 5.61. The Morgan fingerprint density at radius 1 is 1.32 bits per heavy atom. The van der Waals surface area contributed by atoms with Crippen LogP contribution in [0.5, 0.6) is 0 Å². The number of aromatic nitrogens is 2. The van der Waals surface area contributed by atoms with E-state index >= 15 is 0 Å². The lowest BCUT2D eigenvalue weighted by Crippen LogP contribution is -2.13. The lowest BCUT2D eigenvalue weighted by atomic mass is 10.1. The average Bonchev–Trinajstić information content (AvgIpc) is 2.68. The quantitative estimate of drug-likeness (QED) is 0.862. The molecule has 1 aromatic heterocycles. The van der Waals surface area contributed by atoms with Crippen LogP contribution in [0.25, 0.3) is 0 Å². The molecular weight excluding hydrogens is 323 g/mol. The molecule has 0 saturated carbocycles. The predicted octanol–water partition coefficient (Wildman–Crippen LogP) is 4.06. The number of imidazole rings is 1. The maximum absolute atomic E-state index is 11.1. The number of halogens is 2. The smallest absolute Gasteiger partial charge is 0.309 e. The molecule has 0 spiro atoms. The van der Waals surface area contributed by atoms with Crippen LogP contribution in [0.4, 0.5) is 0 Å². The second kappa shape index (κ2) is 7.16. The van der Waals surface area contributed by atoms with Crippen molar-refractivity contribution in [2.45, 2.75) is 33.2 Å². The summed E-state index contributed by atoms with van der Waals surface area (Å²) in [7, 11) is 0. The van der Waals surface area contributed by atoms with Crippen molar-refractivity contribution in [1.82, 2.24) is 9.55 Å². The SMILES string of the molecule is CC(C)Cc1nc(Cl)c(CC(=O)O)n1Cc1ccccc1Cl. The van der Waals surface area contributed by atoms with Gasteiger partial charge in [-0.05, 0) is 17.5 Å². The molecule has 0 radical (unpaired) electrons. The van der Waals surface area contributed by atoms with Gasteiger partial charge in [-0.2, -0.15) is 0 Å². The number of carboxylic acid groups (broad SMARTS) is 1. The van der Waals surface area contributed by atoms with Gasteiger partial charge in [0.1, 0.15) is 5.82 Å². The highest BCUT2D eigenvalue weighted by molar-refractivity contribution is 6.31. The summed E-state index contributed by atoms with van der Waals surface area (Å²) < 4.78 is 1.87. The molecule has 1 heterocycles. The molecule has 1 N–H and O–H groups in total. The molecule has 0 aliphatic rings. The fraction of sp³-hybridized carbons (Fsp3) is 0.375. The number of carboxylic acids is 1. The largest absolute Gasteiger partial charge is 0.481 e. The number of rotatable bonds is 6. The summed E-state index contributed by atoms with van der Waals surface area (Å²) in [6, 6.07) is 7.49. The Hall–Kier alpha value is -1.52. The number of carbonyl (C=O) groups is 1. The molecule has 0 fully saturated rings. The maximum atomic E-state index is 11.1. The van der Waals surface area contributed by atoms with E-state index in [4.69, 9.17) is 28.3 Å². The van der Waals surface area contributed by atoms with Gasteiger partial charge < -0.3 is 9.67 Å². The van der Waals surface area contributed by atoms with E-state index in [1.807, 2.05) is 28.8 Å². The highest BCUT2D eigenvalue weighted by Gasteiger charge is 2.19. The molecule has 6 heteroatoms. The molecule has 0 aliphatic carbocycles. The third kappa shape index (κ3) is 4.02. The van der Waals surface area contributed by atoms with Gasteiger partial charge in [-0.15, -0.1) is 0 Å². The Balaban J connectivity index is 2.45. The van der Waals surface area contributed by atoms with E-state index in [0.29, 0.717) is 23.2 Å². The van der Waals surface area contributed by atoms with Crippen LogP contribution in [-0.4, -0.2) is 20.6 Å². The van der Waals surface area contributed by atoms with Crippen molar-refractivity contribution in [3.63, 3.8) is 0 Å². The second-order valence-corrected chi connectivity index (χ2v) is 6.38. The molecule has 0 saturated heterocycles. The van der Waals surface area contributed by atoms with Crippen molar-refractivity contribution < 1.29 is 9.90 Å². The van der Waals surface area contributed by atoms with Crippen molar-refractivity contribution in [3.05, 3.63) is 51.5 Å². The Morgan fingerprint density at radius 2 is 2.00 bits per heavy atom. The van der Waals surface area contributed by atoms with Gasteiger partial charge in [-0.1, -0.05) is 55.2 Å². The summed E-state index contributed by atoms with van der Waals surface area (Å²) in [6.07, 6.45) is 0.568. The third-order valence-corrected chi connectivity index (χ3v) is 3.97. The van der Waals surface area contributed by atoms with Gasteiger partial charge in [-0.3, -0.25) is 4.79 Å². The van der Waals surface area contributed by atoms with Gasteiger partial charge in [0.2, 0.25) is 0 Å². The molecule has 2 rings (SSSR count). The van der Waals surface area contributed by atoms with E-state index in [-0.39, 0.29) is 11.6 Å². The van der Waals surface area contributed by atoms with Gasteiger partial charge in [0.15, 0.2) is 5.15 Å². The van der Waals surface area contributed by atoms with Gasteiger partial charge >= 0.3 is 5.97 Å². The predicted molar refractivity (Wildman–Crippen MR) is 87.7 cm³/mol. The Bertz CT molecular complexity index is 681. The topological polar surface area (TPSA) is 55.1 Å². The van der Waals surface area contributed by atoms with Crippen molar-refractivity contribution in [1.29, 1.82) is 0 Å². The van der Waals surface area contributed by atoms with E-state index in [1.165, 1.54) is 0 Å². The molecule has 22 heavy (non-hydrogen) atoms. The van der Waals surface area contributed by atoms with Gasteiger partial charge in [0.25, 0.3) is 0 Å². The number of benzene rings is 1. The van der Waals surface area contributed by atoms with Crippen LogP contribution in [-0.2, 0) is 24.2 Å². The van der Waals surface area contributed by atoms with Crippen LogP contribution in [0.15, 0.2) is 24.3 Å². The number of nitrogens with zero attached hydrogens (tertiary/aromatic N) is 2. The fourth-order valence-electron chi connectivity index (χ4n) is 2.32. The molecule has 118 valence electrons. The van der Waals surface area contributed by atoms with Crippen molar-refractivity contribution >= 4 is 29.2 Å². The van der Waals surface area contributed by atoms with Crippen molar-refractivity contribution in [3.8, 4) is 0 Å². The summed E-state index contributed by atoms with van der Waals surface area (Å²) >= 11 is 12.4. The zero-order chi connectivity index (χ0) is 16.3. The zero-order valence-electron chi connectivity index (χ0n) is 12.5. The van der Waals surface area contributed by atoms with Crippen LogP contribution in [0.1, 0.15) is 30.9 Å². The Labute approximate surface area is 139 Å². The highest BCUT2D eigenvalue weighted by atomic mass is 35.5. The minimum atomic E-state index is -0.932. The Morgan fingerprint density at radius 3 is 2.59 bits per heavy atom. The van der Waals surface area contributed by atoms with E-state index in [1.54, 1.807) is 0 Å². The lowest BCUT2D eigenvalue weighted by Gasteiger charge is -2.13. The molecule has 4 nitrogen and oxygen atoms in total. The first-order chi connectivity index (χ1) is 10.4. The standard InChI is InChI=1S/C16H18Cl2N2O2/c1-10(2)7-14-19-16(18)13(8-15(21)22)20(14)9-11-5-3-4-6-12(11)17/h3-6,10H,7-9H2,1-2H3,(H,21,22). The summed E-state index contributed by atoms with van der Waals surface area (Å²) in [4.78, 5) is 15.4. The van der Waals surface area contributed by atoms with Crippen molar-refractivity contribution in [2.75, 3.05) is 0 Å². The van der Waals surface area contributed by atoms with Crippen LogP contribution >= 0.6 is 23.2 Å². The molecule has 2 aromatic rings. The minimum absolute atomic E-state index is 0.158. The number of hydrogen-bond acceptors (Lipinski definition) is 2. The summed E-state index contributed by atoms with van der Waals surface area (Å²) in [5.74, 6) is 0.246. The van der Waals surface area contributed by atoms with Crippen LogP contribution in [0.2, 0.25) is 10.2 Å². The summed E-state index contributed by atoms with van der Waals surface area (Å²) in [5.41, 5.74) is 1.43. The first-order valence-corrected chi connectivity index (χ1v) is 7.83. The van der Waals surface area contributed by atoms with Gasteiger partial charge in [0.05, 0.1) is 18.7 Å². The molecule has 0 aliphatic heterocycles. The molecule has 0 bridgehead atoms. The molecule has 0 atom stereocenters. The van der Waals surface area contributed by atoms with Crippen molar-refractivity contribution in [2.24, 2.45) is 5.92 Å². The number of hydrogen-bond donors (Lipinski definition) is 1. The zero-order valence-corrected chi connectivity index (χ0v) is 14.0. The molecule has 0 amide bonds. The Kier molecular flexibility index (Phi) is 5.48. The van der Waals surface area contributed by atoms with Crippen LogP contribution in [0.3, 0.4) is 0 Å². The third-order valence-electron chi connectivity index (χ3n) is 3.30. The van der Waals surface area contributed by atoms with E-state index in [2.05, 4.69) is 18.8 Å². The molecule has 1 aromatic carbocycles. The summed E-state index contributed by atoms with van der Waals surface area (Å²) in [5, 5.41) is 10.00. The maximum Gasteiger partial charge on any atom is 0.309 e. The average molecular weight is 341 g/mol.